The Labute approximate surface area is 60.1 Å². The van der Waals surface area contributed by atoms with Crippen LogP contribution in [0.25, 0.3) is 0 Å². The van der Waals surface area contributed by atoms with E-state index in [0.29, 0.717) is 5.05 Å². The molecule has 0 atom stereocenters. The fraction of sp³-hybridized carbons (Fsp3) is 0.500. The zero-order chi connectivity index (χ0) is 7.28. The molecule has 0 unspecified atom stereocenters. The molecule has 0 aliphatic rings. The second-order valence-electron chi connectivity index (χ2n) is 1.64. The van der Waals surface area contributed by atoms with Crippen molar-refractivity contribution in [1.29, 1.82) is 0 Å². The van der Waals surface area contributed by atoms with Crippen molar-refractivity contribution in [3.63, 3.8) is 0 Å². The average molecular weight is 146 g/mol. The minimum absolute atomic E-state index is 0.00653. The first kappa shape index (κ1) is 8.59. The monoisotopic (exact) mass is 146 g/mol. The quantitative estimate of drug-likeness (QED) is 0.474. The summed E-state index contributed by atoms with van der Waals surface area (Å²) in [5, 5.41) is 8.66. The number of thiocarbonyl (C=S) groups is 1. The molecule has 2 nitrogen and oxygen atoms in total. The maximum Gasteiger partial charge on any atom is 0.186 e. The average Bonchev–Trinajstić information content (AvgIpc) is 1.82. The molecule has 0 aromatic rings. The third-order valence-corrected chi connectivity index (χ3v) is 1.14. The van der Waals surface area contributed by atoms with Crippen LogP contribution in [0.5, 0.6) is 0 Å². The SMILES string of the molecule is C=C(C)C(=S)OCCO. The Bertz CT molecular complexity index is 120. The Morgan fingerprint density at radius 1 is 1.78 bits per heavy atom. The molecule has 0 rings (SSSR count). The molecule has 0 aliphatic heterocycles. The molecule has 0 saturated carbocycles. The molecule has 0 radical (unpaired) electrons. The lowest BCUT2D eigenvalue weighted by molar-refractivity contribution is 0.197. The van der Waals surface area contributed by atoms with Gasteiger partial charge in [-0.05, 0) is 24.7 Å². The zero-order valence-electron chi connectivity index (χ0n) is 5.39. The molecule has 1 N–H and O–H groups in total. The fourth-order valence-corrected chi connectivity index (χ4v) is 0.345. The van der Waals surface area contributed by atoms with Gasteiger partial charge in [0.05, 0.1) is 6.61 Å². The van der Waals surface area contributed by atoms with E-state index in [1.165, 1.54) is 0 Å². The Morgan fingerprint density at radius 3 is 2.67 bits per heavy atom. The molecule has 0 aromatic carbocycles. The van der Waals surface area contributed by atoms with E-state index in [1.807, 2.05) is 0 Å². The van der Waals surface area contributed by atoms with Crippen LogP contribution in [0, 0.1) is 0 Å². The summed E-state index contributed by atoms with van der Waals surface area (Å²) in [6.45, 7) is 5.57. The molecule has 52 valence electrons. The topological polar surface area (TPSA) is 29.5 Å². The minimum atomic E-state index is -0.00653. The molecular weight excluding hydrogens is 136 g/mol. The number of rotatable bonds is 3. The predicted octanol–water partition coefficient (Wildman–Crippen LogP) is 0.899. The molecular formula is C6H10O2S. The molecule has 0 saturated heterocycles. The van der Waals surface area contributed by atoms with E-state index >= 15 is 0 Å². The maximum absolute atomic E-state index is 8.28. The molecule has 0 aliphatic carbocycles. The molecule has 0 amide bonds. The maximum atomic E-state index is 8.28. The lowest BCUT2D eigenvalue weighted by Crippen LogP contribution is -2.06. The summed E-state index contributed by atoms with van der Waals surface area (Å²) in [5.74, 6) is 0. The van der Waals surface area contributed by atoms with Gasteiger partial charge >= 0.3 is 0 Å². The Balaban J connectivity index is 3.39. The van der Waals surface area contributed by atoms with Crippen molar-refractivity contribution in [2.45, 2.75) is 6.92 Å². The van der Waals surface area contributed by atoms with Gasteiger partial charge in [0.25, 0.3) is 0 Å². The molecule has 0 spiro atoms. The van der Waals surface area contributed by atoms with E-state index in [-0.39, 0.29) is 13.2 Å². The van der Waals surface area contributed by atoms with Gasteiger partial charge < -0.3 is 9.84 Å². The highest BCUT2D eigenvalue weighted by Crippen LogP contribution is 1.93. The summed E-state index contributed by atoms with van der Waals surface area (Å²) >= 11 is 4.71. The van der Waals surface area contributed by atoms with Gasteiger partial charge in [-0.3, -0.25) is 0 Å². The third kappa shape index (κ3) is 4.12. The second kappa shape index (κ2) is 4.47. The van der Waals surface area contributed by atoms with Crippen LogP contribution in [-0.4, -0.2) is 23.4 Å². The highest BCUT2D eigenvalue weighted by atomic mass is 32.1. The number of hydrogen-bond acceptors (Lipinski definition) is 3. The summed E-state index contributed by atoms with van der Waals surface area (Å²) in [6, 6.07) is 0. The lowest BCUT2D eigenvalue weighted by atomic mass is 10.4. The normalized spacial score (nSPS) is 8.67. The molecule has 0 bridgehead atoms. The third-order valence-electron chi connectivity index (χ3n) is 0.673. The van der Waals surface area contributed by atoms with Crippen LogP contribution in [0.1, 0.15) is 6.92 Å². The van der Waals surface area contributed by atoms with Crippen LogP contribution in [0.4, 0.5) is 0 Å². The van der Waals surface area contributed by atoms with E-state index in [2.05, 4.69) is 6.58 Å². The first-order valence-corrected chi connectivity index (χ1v) is 3.02. The molecule has 0 heterocycles. The van der Waals surface area contributed by atoms with Gasteiger partial charge in [0, 0.05) is 0 Å². The summed E-state index contributed by atoms with van der Waals surface area (Å²) in [4.78, 5) is 0. The summed E-state index contributed by atoms with van der Waals surface area (Å²) in [6.07, 6.45) is 0. The van der Waals surface area contributed by atoms with Crippen LogP contribution < -0.4 is 0 Å². The standard InChI is InChI=1S/C6H10O2S/c1-5(2)6(9)8-4-3-7/h7H,1,3-4H2,2H3. The Kier molecular flexibility index (Phi) is 4.26. The molecule has 3 heteroatoms. The largest absolute Gasteiger partial charge is 0.481 e. The van der Waals surface area contributed by atoms with Crippen LogP contribution in [0.15, 0.2) is 12.2 Å². The molecule has 0 aromatic heterocycles. The van der Waals surface area contributed by atoms with Crippen molar-refractivity contribution < 1.29 is 9.84 Å². The predicted molar refractivity (Wildman–Crippen MR) is 40.4 cm³/mol. The van der Waals surface area contributed by atoms with Crippen molar-refractivity contribution >= 4 is 17.3 Å². The van der Waals surface area contributed by atoms with Crippen LogP contribution in [-0.2, 0) is 4.74 Å². The number of hydrogen-bond donors (Lipinski definition) is 1. The van der Waals surface area contributed by atoms with E-state index < -0.39 is 0 Å². The Morgan fingerprint density at radius 2 is 2.33 bits per heavy atom. The lowest BCUT2D eigenvalue weighted by Gasteiger charge is -2.02. The van der Waals surface area contributed by atoms with E-state index in [9.17, 15) is 0 Å². The smallest absolute Gasteiger partial charge is 0.186 e. The van der Waals surface area contributed by atoms with E-state index in [4.69, 9.17) is 22.1 Å². The summed E-state index contributed by atoms with van der Waals surface area (Å²) in [7, 11) is 0. The van der Waals surface area contributed by atoms with Gasteiger partial charge in [0.15, 0.2) is 5.05 Å². The van der Waals surface area contributed by atoms with Crippen molar-refractivity contribution in [3.05, 3.63) is 12.2 Å². The molecule has 0 fully saturated rings. The number of aliphatic hydroxyl groups is 1. The molecule has 9 heavy (non-hydrogen) atoms. The zero-order valence-corrected chi connectivity index (χ0v) is 6.20. The highest BCUT2D eigenvalue weighted by molar-refractivity contribution is 7.80. The first-order valence-electron chi connectivity index (χ1n) is 2.62. The van der Waals surface area contributed by atoms with E-state index in [0.717, 1.165) is 5.57 Å². The summed E-state index contributed by atoms with van der Waals surface area (Å²) < 4.78 is 4.83. The van der Waals surface area contributed by atoms with Gasteiger partial charge in [-0.15, -0.1) is 0 Å². The van der Waals surface area contributed by atoms with Gasteiger partial charge in [0.2, 0.25) is 0 Å². The van der Waals surface area contributed by atoms with Crippen molar-refractivity contribution in [2.75, 3.05) is 13.2 Å². The van der Waals surface area contributed by atoms with Gasteiger partial charge in [-0.1, -0.05) is 6.58 Å². The summed E-state index contributed by atoms with van der Waals surface area (Å²) in [5.41, 5.74) is 0.721. The minimum Gasteiger partial charge on any atom is -0.481 e. The van der Waals surface area contributed by atoms with Crippen molar-refractivity contribution in [2.24, 2.45) is 0 Å². The van der Waals surface area contributed by atoms with Gasteiger partial charge in [0.1, 0.15) is 6.61 Å². The second-order valence-corrected chi connectivity index (χ2v) is 2.01. The highest BCUT2D eigenvalue weighted by Gasteiger charge is 1.94. The number of ether oxygens (including phenoxy) is 1. The van der Waals surface area contributed by atoms with Crippen LogP contribution >= 0.6 is 12.2 Å². The van der Waals surface area contributed by atoms with Crippen molar-refractivity contribution in [3.8, 4) is 0 Å². The van der Waals surface area contributed by atoms with Gasteiger partial charge in [-0.25, -0.2) is 0 Å². The van der Waals surface area contributed by atoms with E-state index in [1.54, 1.807) is 6.92 Å². The van der Waals surface area contributed by atoms with Gasteiger partial charge in [-0.2, -0.15) is 0 Å². The fourth-order valence-electron chi connectivity index (χ4n) is 0.262. The number of aliphatic hydroxyl groups excluding tert-OH is 1. The van der Waals surface area contributed by atoms with Crippen LogP contribution in [0.2, 0.25) is 0 Å². The van der Waals surface area contributed by atoms with Crippen molar-refractivity contribution in [1.82, 2.24) is 0 Å². The first-order chi connectivity index (χ1) is 4.18. The van der Waals surface area contributed by atoms with Crippen LogP contribution in [0.3, 0.4) is 0 Å². The Hall–Kier alpha value is -0.410.